The van der Waals surface area contributed by atoms with Gasteiger partial charge in [-0.1, -0.05) is 141 Å². The number of hydrogen-bond donors (Lipinski definition) is 1. The van der Waals surface area contributed by atoms with Crippen molar-refractivity contribution in [3.8, 4) is 17.6 Å². The van der Waals surface area contributed by atoms with Gasteiger partial charge in [0, 0.05) is 35.3 Å². The van der Waals surface area contributed by atoms with E-state index >= 15 is 0 Å². The molecule has 4 aromatic rings. The van der Waals surface area contributed by atoms with Crippen LogP contribution >= 0.6 is 0 Å². The van der Waals surface area contributed by atoms with Gasteiger partial charge < -0.3 is 19.3 Å². The van der Waals surface area contributed by atoms with E-state index in [4.69, 9.17) is 14.2 Å². The molecule has 1 heterocycles. The summed E-state index contributed by atoms with van der Waals surface area (Å²) in [4.78, 5) is 0. The number of allylic oxidation sites excluding steroid dienone is 1. The molecule has 48 heavy (non-hydrogen) atoms. The standard InChI is InChI=1S/C44H50O4/c1-3-5-9-28-38(47-43-33-18-19-34-46-43)29-16-17-31-41(45)39-30-20-32-42(40(39)21-4-2)48-44(35-22-10-6-11-23-35,36-24-12-7-13-25-36)37-26-14-8-15-27-37/h4,6-8,10-15,20,22-27,30,32,38,41,43,45H,2-3,5,9,16,18-19,21,28-29,33-34H2,1H3/t38-,41-,43?/m0/s1. The van der Waals surface area contributed by atoms with Gasteiger partial charge in [-0.3, -0.25) is 0 Å². The van der Waals surface area contributed by atoms with Gasteiger partial charge in [0.1, 0.15) is 11.9 Å². The molecule has 4 nitrogen and oxygen atoms in total. The van der Waals surface area contributed by atoms with E-state index in [-0.39, 0.29) is 12.4 Å². The van der Waals surface area contributed by atoms with E-state index in [0.717, 1.165) is 72.9 Å². The topological polar surface area (TPSA) is 47.9 Å². The Morgan fingerprint density at radius 1 is 0.854 bits per heavy atom. The van der Waals surface area contributed by atoms with Gasteiger partial charge in [0.2, 0.25) is 0 Å². The van der Waals surface area contributed by atoms with Crippen LogP contribution in [0, 0.1) is 11.8 Å². The number of hydrogen-bond acceptors (Lipinski definition) is 4. The summed E-state index contributed by atoms with van der Waals surface area (Å²) < 4.78 is 19.5. The van der Waals surface area contributed by atoms with Crippen molar-refractivity contribution < 1.29 is 19.3 Å². The van der Waals surface area contributed by atoms with Crippen molar-refractivity contribution in [2.24, 2.45) is 0 Å². The number of rotatable bonds is 16. The van der Waals surface area contributed by atoms with E-state index in [9.17, 15) is 5.11 Å². The zero-order valence-corrected chi connectivity index (χ0v) is 28.4. The van der Waals surface area contributed by atoms with E-state index in [2.05, 4.69) is 61.7 Å². The third-order valence-electron chi connectivity index (χ3n) is 9.06. The van der Waals surface area contributed by atoms with Crippen LogP contribution in [-0.4, -0.2) is 24.1 Å². The first-order chi connectivity index (χ1) is 23.7. The normalized spacial score (nSPS) is 15.9. The van der Waals surface area contributed by atoms with Gasteiger partial charge >= 0.3 is 0 Å². The maximum atomic E-state index is 11.5. The molecule has 1 N–H and O–H groups in total. The largest absolute Gasteiger partial charge is 0.473 e. The van der Waals surface area contributed by atoms with E-state index < -0.39 is 11.7 Å². The van der Waals surface area contributed by atoms with Crippen molar-refractivity contribution >= 4 is 0 Å². The highest BCUT2D eigenvalue weighted by Gasteiger charge is 2.39. The molecule has 250 valence electrons. The molecule has 0 aliphatic carbocycles. The highest BCUT2D eigenvalue weighted by atomic mass is 16.7. The lowest BCUT2D eigenvalue weighted by molar-refractivity contribution is -0.190. The number of benzene rings is 4. The van der Waals surface area contributed by atoms with E-state index in [1.165, 1.54) is 12.8 Å². The molecule has 0 bridgehead atoms. The summed E-state index contributed by atoms with van der Waals surface area (Å²) >= 11 is 0. The van der Waals surface area contributed by atoms with E-state index in [0.29, 0.717) is 18.6 Å². The Balaban J connectivity index is 1.43. The van der Waals surface area contributed by atoms with Crippen molar-refractivity contribution in [3.63, 3.8) is 0 Å². The van der Waals surface area contributed by atoms with Gasteiger partial charge in [0.05, 0.1) is 6.10 Å². The Morgan fingerprint density at radius 3 is 2.06 bits per heavy atom. The van der Waals surface area contributed by atoms with Crippen molar-refractivity contribution in [1.82, 2.24) is 0 Å². The fourth-order valence-corrected chi connectivity index (χ4v) is 6.57. The minimum Gasteiger partial charge on any atom is -0.473 e. The Hall–Kier alpha value is -4.14. The highest BCUT2D eigenvalue weighted by molar-refractivity contribution is 5.52. The van der Waals surface area contributed by atoms with Crippen LogP contribution in [0.3, 0.4) is 0 Å². The minimum atomic E-state index is -0.968. The summed E-state index contributed by atoms with van der Waals surface area (Å²) in [6, 6.07) is 36.8. The average Bonchev–Trinajstić information content (AvgIpc) is 3.14. The van der Waals surface area contributed by atoms with Crippen LogP contribution < -0.4 is 4.74 Å². The Morgan fingerprint density at radius 2 is 1.50 bits per heavy atom. The van der Waals surface area contributed by atoms with Gasteiger partial charge in [-0.25, -0.2) is 0 Å². The lowest BCUT2D eigenvalue weighted by atomic mass is 9.80. The summed E-state index contributed by atoms with van der Waals surface area (Å²) in [6.45, 7) is 7.04. The summed E-state index contributed by atoms with van der Waals surface area (Å²) in [7, 11) is 0. The molecule has 4 heteroatoms. The lowest BCUT2D eigenvalue weighted by Gasteiger charge is -2.37. The molecule has 0 spiro atoms. The molecule has 0 amide bonds. The van der Waals surface area contributed by atoms with Crippen LogP contribution in [0.1, 0.15) is 98.6 Å². The van der Waals surface area contributed by atoms with Crippen LogP contribution in [-0.2, 0) is 21.5 Å². The fourth-order valence-electron chi connectivity index (χ4n) is 6.57. The van der Waals surface area contributed by atoms with Crippen LogP contribution in [0.2, 0.25) is 0 Å². The maximum Gasteiger partial charge on any atom is 0.184 e. The molecule has 0 saturated carbocycles. The van der Waals surface area contributed by atoms with Gasteiger partial charge in [-0.15, -0.1) is 12.5 Å². The number of aliphatic hydroxyl groups is 1. The van der Waals surface area contributed by atoms with Crippen LogP contribution in [0.4, 0.5) is 0 Å². The second-order valence-corrected chi connectivity index (χ2v) is 12.5. The third-order valence-corrected chi connectivity index (χ3v) is 9.06. The Kier molecular flexibility index (Phi) is 13.5. The van der Waals surface area contributed by atoms with Gasteiger partial charge in [-0.05, 0) is 50.2 Å². The van der Waals surface area contributed by atoms with Crippen LogP contribution in [0.5, 0.6) is 5.75 Å². The van der Waals surface area contributed by atoms with Gasteiger partial charge in [0.15, 0.2) is 11.9 Å². The monoisotopic (exact) mass is 642 g/mol. The first kappa shape index (κ1) is 35.2. The molecule has 4 aromatic carbocycles. The Labute approximate surface area is 287 Å². The smallest absolute Gasteiger partial charge is 0.184 e. The van der Waals surface area contributed by atoms with Crippen LogP contribution in [0.15, 0.2) is 122 Å². The maximum absolute atomic E-state index is 11.5. The van der Waals surface area contributed by atoms with Crippen LogP contribution in [0.25, 0.3) is 0 Å². The molecule has 0 aromatic heterocycles. The minimum absolute atomic E-state index is 0.108. The molecule has 1 aliphatic heterocycles. The van der Waals surface area contributed by atoms with Gasteiger partial charge in [-0.2, -0.15) is 0 Å². The van der Waals surface area contributed by atoms with Crippen molar-refractivity contribution in [2.45, 2.75) is 95.2 Å². The number of aliphatic hydroxyl groups excluding tert-OH is 1. The summed E-state index contributed by atoms with van der Waals surface area (Å²) in [5, 5.41) is 11.5. The van der Waals surface area contributed by atoms with E-state index in [1.807, 2.05) is 78.9 Å². The molecule has 5 rings (SSSR count). The number of ether oxygens (including phenoxy) is 3. The molecule has 1 aliphatic rings. The van der Waals surface area contributed by atoms with Crippen molar-refractivity contribution in [3.05, 3.63) is 150 Å². The second kappa shape index (κ2) is 18.4. The summed E-state index contributed by atoms with van der Waals surface area (Å²) in [5.41, 5.74) is 3.68. The zero-order valence-electron chi connectivity index (χ0n) is 28.4. The fraction of sp³-hybridized carbons (Fsp3) is 0.364. The molecule has 1 unspecified atom stereocenters. The summed E-state index contributed by atoms with van der Waals surface area (Å²) in [5.74, 6) is 7.09. The highest BCUT2D eigenvalue weighted by Crippen LogP contribution is 2.43. The predicted molar refractivity (Wildman–Crippen MR) is 195 cm³/mol. The second-order valence-electron chi connectivity index (χ2n) is 12.5. The SMILES string of the molecule is C=CCc1c(OC(c2ccccc2)(c2ccccc2)c2ccccc2)cccc1[C@@H](O)C#CCC[C@H](CCCCC)OC1CCCCO1. The molecule has 0 radical (unpaired) electrons. The lowest BCUT2D eigenvalue weighted by Crippen LogP contribution is -2.36. The van der Waals surface area contributed by atoms with Crippen molar-refractivity contribution in [2.75, 3.05) is 6.61 Å². The first-order valence-electron chi connectivity index (χ1n) is 17.7. The molecule has 3 atom stereocenters. The quantitative estimate of drug-likeness (QED) is 0.0572. The molecule has 1 saturated heterocycles. The van der Waals surface area contributed by atoms with E-state index in [1.54, 1.807) is 0 Å². The Bertz CT molecular complexity index is 1490. The number of unbranched alkanes of at least 4 members (excludes halogenated alkanes) is 2. The summed E-state index contributed by atoms with van der Waals surface area (Å²) in [6.07, 6.45) is 10.6. The third kappa shape index (κ3) is 9.05. The van der Waals surface area contributed by atoms with Gasteiger partial charge in [0.25, 0.3) is 0 Å². The average molecular weight is 643 g/mol. The first-order valence-corrected chi connectivity index (χ1v) is 17.7. The molecular weight excluding hydrogens is 592 g/mol. The predicted octanol–water partition coefficient (Wildman–Crippen LogP) is 10.1. The van der Waals surface area contributed by atoms with Crippen molar-refractivity contribution in [1.29, 1.82) is 0 Å². The zero-order chi connectivity index (χ0) is 33.4. The molecular formula is C44H50O4. The molecule has 1 fully saturated rings.